The molecule has 5 N–H and O–H groups in total. The molecule has 2 aliphatic rings. The monoisotopic (exact) mass is 530 g/mol. The average molecular weight is 531 g/mol. The first-order valence-corrected chi connectivity index (χ1v) is 12.0. The van der Waals surface area contributed by atoms with Gasteiger partial charge in [0.05, 0.1) is 27.4 Å². The molecule has 0 radical (unpaired) electrons. The van der Waals surface area contributed by atoms with Gasteiger partial charge in [0.1, 0.15) is 30.2 Å². The molecule has 2 heterocycles. The highest BCUT2D eigenvalue weighted by Crippen LogP contribution is 2.47. The number of aliphatic hydroxyl groups excluding tert-OH is 5. The van der Waals surface area contributed by atoms with Crippen molar-refractivity contribution >= 4 is 10.8 Å². The second-order valence-corrected chi connectivity index (χ2v) is 9.10. The van der Waals surface area contributed by atoms with E-state index in [1.807, 2.05) is 19.1 Å². The van der Waals surface area contributed by atoms with Crippen molar-refractivity contribution in [2.45, 2.75) is 44.2 Å². The van der Waals surface area contributed by atoms with Gasteiger partial charge in [-0.25, -0.2) is 0 Å². The van der Waals surface area contributed by atoms with Crippen molar-refractivity contribution in [1.29, 1.82) is 0 Å². The predicted octanol–water partition coefficient (Wildman–Crippen LogP) is 1.23. The number of hydrogen-bond acceptors (Lipinski definition) is 11. The van der Waals surface area contributed by atoms with E-state index in [-0.39, 0.29) is 12.5 Å². The maximum absolute atomic E-state index is 10.6. The Kier molecular flexibility index (Phi) is 7.23. The summed E-state index contributed by atoms with van der Waals surface area (Å²) in [6, 6.07) is 9.00. The highest BCUT2D eigenvalue weighted by Gasteiger charge is 2.45. The first-order valence-electron chi connectivity index (χ1n) is 12.0. The minimum atomic E-state index is -1.64. The minimum absolute atomic E-state index is 0.122. The Morgan fingerprint density at radius 3 is 2.21 bits per heavy atom. The molecule has 0 saturated carbocycles. The van der Waals surface area contributed by atoms with Crippen LogP contribution in [0.5, 0.6) is 28.7 Å². The van der Waals surface area contributed by atoms with Crippen LogP contribution >= 0.6 is 0 Å². The van der Waals surface area contributed by atoms with E-state index in [9.17, 15) is 25.5 Å². The fraction of sp³-hybridized carbons (Fsp3) is 0.407. The van der Waals surface area contributed by atoms with Crippen molar-refractivity contribution in [3.05, 3.63) is 41.5 Å². The van der Waals surface area contributed by atoms with E-state index in [0.29, 0.717) is 44.9 Å². The number of methoxy groups -OCH3 is 2. The SMILES string of the molecule is COc1cc2c(OC3OC(CO)C(O)C(O)C3O)c(CO)c(C)c(-c3ccc4c(c3)OCO4)c2cc1OC. The molecule has 0 aromatic heterocycles. The molecule has 38 heavy (non-hydrogen) atoms. The van der Waals surface area contributed by atoms with Gasteiger partial charge >= 0.3 is 0 Å². The minimum Gasteiger partial charge on any atom is -0.493 e. The zero-order valence-corrected chi connectivity index (χ0v) is 21.1. The van der Waals surface area contributed by atoms with Crippen molar-refractivity contribution < 1.29 is 54.0 Å². The van der Waals surface area contributed by atoms with Gasteiger partial charge in [0.2, 0.25) is 13.1 Å². The third-order valence-corrected chi connectivity index (χ3v) is 7.04. The molecule has 204 valence electrons. The molecule has 0 bridgehead atoms. The van der Waals surface area contributed by atoms with Crippen LogP contribution in [0.15, 0.2) is 30.3 Å². The molecule has 3 aromatic rings. The molecule has 3 aromatic carbocycles. The van der Waals surface area contributed by atoms with Crippen LogP contribution in [0.2, 0.25) is 0 Å². The Labute approximate surface area is 218 Å². The summed E-state index contributed by atoms with van der Waals surface area (Å²) >= 11 is 0. The summed E-state index contributed by atoms with van der Waals surface area (Å²) in [5.41, 5.74) is 2.63. The Hall–Kier alpha value is -3.32. The average Bonchev–Trinajstić information content (AvgIpc) is 3.40. The van der Waals surface area contributed by atoms with Gasteiger partial charge in [-0.1, -0.05) is 6.07 Å². The van der Waals surface area contributed by atoms with E-state index in [0.717, 1.165) is 11.1 Å². The van der Waals surface area contributed by atoms with E-state index in [1.165, 1.54) is 14.2 Å². The van der Waals surface area contributed by atoms with Gasteiger partial charge in [-0.05, 0) is 53.3 Å². The van der Waals surface area contributed by atoms with E-state index >= 15 is 0 Å². The van der Waals surface area contributed by atoms with Gasteiger partial charge < -0.3 is 54.0 Å². The zero-order chi connectivity index (χ0) is 27.1. The molecule has 0 aliphatic carbocycles. The lowest BCUT2D eigenvalue weighted by atomic mass is 9.89. The smallest absolute Gasteiger partial charge is 0.231 e. The molecule has 0 spiro atoms. The first kappa shape index (κ1) is 26.3. The van der Waals surface area contributed by atoms with Crippen LogP contribution in [-0.4, -0.2) is 83.9 Å². The lowest BCUT2D eigenvalue weighted by Gasteiger charge is -2.40. The molecule has 11 heteroatoms. The summed E-state index contributed by atoms with van der Waals surface area (Å²) in [5.74, 6) is 2.23. The van der Waals surface area contributed by atoms with Crippen LogP contribution < -0.4 is 23.7 Å². The highest BCUT2D eigenvalue weighted by molar-refractivity contribution is 6.04. The van der Waals surface area contributed by atoms with Gasteiger partial charge in [-0.2, -0.15) is 0 Å². The molecular formula is C27H30O11. The number of ether oxygens (including phenoxy) is 6. The van der Waals surface area contributed by atoms with Crippen LogP contribution in [0.4, 0.5) is 0 Å². The van der Waals surface area contributed by atoms with Gasteiger partial charge in [-0.3, -0.25) is 0 Å². The summed E-state index contributed by atoms with van der Waals surface area (Å²) < 4.78 is 33.8. The fourth-order valence-electron chi connectivity index (χ4n) is 4.99. The van der Waals surface area contributed by atoms with E-state index in [4.69, 9.17) is 28.4 Å². The Bertz CT molecular complexity index is 1340. The van der Waals surface area contributed by atoms with Crippen molar-refractivity contribution in [1.82, 2.24) is 0 Å². The van der Waals surface area contributed by atoms with Gasteiger partial charge in [-0.15, -0.1) is 0 Å². The van der Waals surface area contributed by atoms with E-state index in [2.05, 4.69) is 0 Å². The molecule has 1 fully saturated rings. The van der Waals surface area contributed by atoms with Crippen LogP contribution in [0.1, 0.15) is 11.1 Å². The zero-order valence-electron chi connectivity index (χ0n) is 21.1. The van der Waals surface area contributed by atoms with Crippen LogP contribution in [-0.2, 0) is 11.3 Å². The molecule has 1 saturated heterocycles. The number of hydrogen-bond donors (Lipinski definition) is 5. The molecule has 11 nitrogen and oxygen atoms in total. The van der Waals surface area contributed by atoms with Crippen molar-refractivity contribution in [3.63, 3.8) is 0 Å². The summed E-state index contributed by atoms with van der Waals surface area (Å²) in [7, 11) is 3.01. The molecule has 5 rings (SSSR count). The second-order valence-electron chi connectivity index (χ2n) is 9.10. The second kappa shape index (κ2) is 10.4. The van der Waals surface area contributed by atoms with Gasteiger partial charge in [0.15, 0.2) is 23.0 Å². The lowest BCUT2D eigenvalue weighted by Crippen LogP contribution is -2.60. The molecule has 0 amide bonds. The quantitative estimate of drug-likeness (QED) is 0.299. The molecule has 5 atom stereocenters. The van der Waals surface area contributed by atoms with Crippen LogP contribution in [0.3, 0.4) is 0 Å². The highest BCUT2D eigenvalue weighted by atomic mass is 16.7. The van der Waals surface area contributed by atoms with Crippen LogP contribution in [0.25, 0.3) is 21.9 Å². The molecule has 2 aliphatic heterocycles. The number of aliphatic hydroxyl groups is 5. The number of benzene rings is 3. The van der Waals surface area contributed by atoms with Crippen molar-refractivity contribution in [2.24, 2.45) is 0 Å². The maximum atomic E-state index is 10.6. The van der Waals surface area contributed by atoms with E-state index in [1.54, 1.807) is 18.2 Å². The summed E-state index contributed by atoms with van der Waals surface area (Å²) in [4.78, 5) is 0. The van der Waals surface area contributed by atoms with Gasteiger partial charge in [0, 0.05) is 10.9 Å². The van der Waals surface area contributed by atoms with Crippen molar-refractivity contribution in [2.75, 3.05) is 27.6 Å². The Balaban J connectivity index is 1.73. The standard InChI is InChI=1S/C27H30O11/c1-12-16(9-28)26(38-27-25(32)24(31)23(30)21(10-29)37-27)15-8-19(34-3)18(33-2)7-14(15)22(12)13-4-5-17-20(6-13)36-11-35-17/h4-8,21,23-25,27-32H,9-11H2,1-3H3. The van der Waals surface area contributed by atoms with Crippen LogP contribution in [0, 0.1) is 6.92 Å². The number of fused-ring (bicyclic) bond motifs is 2. The van der Waals surface area contributed by atoms with E-state index < -0.39 is 43.9 Å². The predicted molar refractivity (Wildman–Crippen MR) is 134 cm³/mol. The topological polar surface area (TPSA) is 157 Å². The fourth-order valence-corrected chi connectivity index (χ4v) is 4.99. The molecule has 5 unspecified atom stereocenters. The maximum Gasteiger partial charge on any atom is 0.231 e. The van der Waals surface area contributed by atoms with Gasteiger partial charge in [0.25, 0.3) is 0 Å². The van der Waals surface area contributed by atoms with Crippen molar-refractivity contribution in [3.8, 4) is 39.9 Å². The number of rotatable bonds is 7. The first-order chi connectivity index (χ1) is 18.3. The molecular weight excluding hydrogens is 500 g/mol. The summed E-state index contributed by atoms with van der Waals surface area (Å²) in [5, 5.41) is 52.3. The third kappa shape index (κ3) is 4.27. The normalized spacial score (nSPS) is 24.5. The largest absolute Gasteiger partial charge is 0.493 e. The lowest BCUT2D eigenvalue weighted by molar-refractivity contribution is -0.277. The Morgan fingerprint density at radius 2 is 1.55 bits per heavy atom. The summed E-state index contributed by atoms with van der Waals surface area (Å²) in [6.45, 7) is 0.908. The Morgan fingerprint density at radius 1 is 0.868 bits per heavy atom. The third-order valence-electron chi connectivity index (χ3n) is 7.04. The summed E-state index contributed by atoms with van der Waals surface area (Å²) in [6.07, 6.45) is -7.42.